The maximum absolute atomic E-state index is 12.4. The predicted molar refractivity (Wildman–Crippen MR) is 163 cm³/mol. The Kier molecular flexibility index (Phi) is 11.2. The van der Waals surface area contributed by atoms with Crippen molar-refractivity contribution in [2.45, 2.75) is 61.5 Å². The van der Waals surface area contributed by atoms with Crippen molar-refractivity contribution in [1.29, 1.82) is 0 Å². The third-order valence-electron chi connectivity index (χ3n) is 6.85. The fourth-order valence-electron chi connectivity index (χ4n) is 4.85. The summed E-state index contributed by atoms with van der Waals surface area (Å²) in [7, 11) is 0. The van der Waals surface area contributed by atoms with Gasteiger partial charge in [-0.3, -0.25) is 4.79 Å². The molecule has 0 amide bonds. The van der Waals surface area contributed by atoms with Crippen LogP contribution in [0.3, 0.4) is 0 Å². The van der Waals surface area contributed by atoms with Crippen LogP contribution in [0.5, 0.6) is 0 Å². The van der Waals surface area contributed by atoms with Crippen LogP contribution < -0.4 is 0 Å². The van der Waals surface area contributed by atoms with E-state index in [0.717, 1.165) is 21.6 Å². The summed E-state index contributed by atoms with van der Waals surface area (Å²) in [6, 6.07) is 39.9. The molecule has 1 aliphatic heterocycles. The maximum Gasteiger partial charge on any atom is 0.303 e. The minimum Gasteiger partial charge on any atom is -0.456 e. The normalized spacial score (nSPS) is 22.0. The van der Waals surface area contributed by atoms with Crippen molar-refractivity contribution in [3.05, 3.63) is 138 Å². The Bertz CT molecular complexity index is 1340. The monoisotopic (exact) mass is 584 g/mol. The molecular formula is C35H36O6S. The Balaban J connectivity index is 1.44. The van der Waals surface area contributed by atoms with E-state index >= 15 is 0 Å². The average Bonchev–Trinajstić information content (AvgIpc) is 3.02. The molecule has 0 radical (unpaired) electrons. The van der Waals surface area contributed by atoms with Crippen LogP contribution in [0.4, 0.5) is 0 Å². The minimum atomic E-state index is -0.720. The first-order valence-corrected chi connectivity index (χ1v) is 15.0. The number of hydrogen-bond acceptors (Lipinski definition) is 7. The molecule has 1 aliphatic rings. The Morgan fingerprint density at radius 1 is 0.643 bits per heavy atom. The molecule has 1 fully saturated rings. The van der Waals surface area contributed by atoms with Gasteiger partial charge in [-0.25, -0.2) is 0 Å². The topological polar surface area (TPSA) is 63.2 Å². The Morgan fingerprint density at radius 2 is 1.12 bits per heavy atom. The van der Waals surface area contributed by atoms with Crippen molar-refractivity contribution in [2.24, 2.45) is 0 Å². The number of carbonyl (C=O) groups excluding carboxylic acids is 1. The van der Waals surface area contributed by atoms with E-state index in [1.165, 1.54) is 18.7 Å². The van der Waals surface area contributed by atoms with E-state index in [-0.39, 0.29) is 6.61 Å². The molecule has 0 bridgehead atoms. The van der Waals surface area contributed by atoms with Crippen LogP contribution in [0.25, 0.3) is 0 Å². The van der Waals surface area contributed by atoms with Gasteiger partial charge in [0.1, 0.15) is 23.7 Å². The van der Waals surface area contributed by atoms with Crippen molar-refractivity contribution < 1.29 is 28.5 Å². The molecule has 1 heterocycles. The fourth-order valence-corrected chi connectivity index (χ4v) is 5.97. The van der Waals surface area contributed by atoms with Gasteiger partial charge in [0.05, 0.1) is 26.4 Å². The quantitative estimate of drug-likeness (QED) is 0.160. The molecule has 0 saturated carbocycles. The van der Waals surface area contributed by atoms with Crippen LogP contribution in [0, 0.1) is 0 Å². The molecule has 5 rings (SSSR count). The second-order valence-corrected chi connectivity index (χ2v) is 11.2. The molecule has 6 nitrogen and oxygen atoms in total. The largest absolute Gasteiger partial charge is 0.456 e. The number of rotatable bonds is 13. The van der Waals surface area contributed by atoms with E-state index < -0.39 is 35.8 Å². The SMILES string of the molecule is CC(=O)OC1C(OCc2ccccc2)[C@H](OCc2ccccc2)C(COCc2ccccc2)O[C@@H]1Sc1ccccc1. The molecular weight excluding hydrogens is 548 g/mol. The molecule has 4 aromatic carbocycles. The lowest BCUT2D eigenvalue weighted by Crippen LogP contribution is -2.60. The van der Waals surface area contributed by atoms with Crippen LogP contribution in [-0.2, 0) is 48.3 Å². The van der Waals surface area contributed by atoms with Gasteiger partial charge in [0.25, 0.3) is 0 Å². The molecule has 5 atom stereocenters. The highest BCUT2D eigenvalue weighted by molar-refractivity contribution is 7.99. The van der Waals surface area contributed by atoms with Crippen molar-refractivity contribution >= 4 is 17.7 Å². The lowest BCUT2D eigenvalue weighted by Gasteiger charge is -2.45. The number of hydrogen-bond donors (Lipinski definition) is 0. The highest BCUT2D eigenvalue weighted by Crippen LogP contribution is 2.38. The summed E-state index contributed by atoms with van der Waals surface area (Å²) in [6.07, 6.45) is -2.38. The van der Waals surface area contributed by atoms with Crippen LogP contribution in [0.2, 0.25) is 0 Å². The molecule has 3 unspecified atom stereocenters. The van der Waals surface area contributed by atoms with Crippen LogP contribution in [0.15, 0.2) is 126 Å². The average molecular weight is 585 g/mol. The highest BCUT2D eigenvalue weighted by atomic mass is 32.2. The van der Waals surface area contributed by atoms with Crippen LogP contribution >= 0.6 is 11.8 Å². The first kappa shape index (κ1) is 30.0. The van der Waals surface area contributed by atoms with E-state index in [1.54, 1.807) is 0 Å². The first-order chi connectivity index (χ1) is 20.7. The van der Waals surface area contributed by atoms with Gasteiger partial charge >= 0.3 is 5.97 Å². The predicted octanol–water partition coefficient (Wildman–Crippen LogP) is 6.82. The number of carbonyl (C=O) groups is 1. The lowest BCUT2D eigenvalue weighted by molar-refractivity contribution is -0.249. The summed E-state index contributed by atoms with van der Waals surface area (Å²) >= 11 is 1.50. The summed E-state index contributed by atoms with van der Waals surface area (Å²) < 4.78 is 32.0. The van der Waals surface area contributed by atoms with Crippen LogP contribution in [-0.4, -0.2) is 42.4 Å². The first-order valence-electron chi connectivity index (χ1n) is 14.1. The van der Waals surface area contributed by atoms with E-state index in [1.807, 2.05) is 121 Å². The zero-order chi connectivity index (χ0) is 29.0. The number of thioether (sulfide) groups is 1. The minimum absolute atomic E-state index is 0.276. The zero-order valence-corrected chi connectivity index (χ0v) is 24.4. The molecule has 4 aromatic rings. The molecule has 0 N–H and O–H groups in total. The van der Waals surface area contributed by atoms with E-state index in [9.17, 15) is 4.79 Å². The molecule has 0 aromatic heterocycles. The van der Waals surface area contributed by atoms with Crippen molar-refractivity contribution in [3.63, 3.8) is 0 Å². The van der Waals surface area contributed by atoms with E-state index in [2.05, 4.69) is 0 Å². The molecule has 7 heteroatoms. The summed E-state index contributed by atoms with van der Waals surface area (Å²) in [5.41, 5.74) is 2.56. The third kappa shape index (κ3) is 8.77. The number of esters is 1. The fraction of sp³-hybridized carbons (Fsp3) is 0.286. The van der Waals surface area contributed by atoms with Gasteiger partial charge in [-0.15, -0.1) is 0 Å². The van der Waals surface area contributed by atoms with E-state index in [4.69, 9.17) is 23.7 Å². The molecule has 218 valence electrons. The number of ether oxygens (including phenoxy) is 5. The van der Waals surface area contributed by atoms with Crippen molar-refractivity contribution in [2.75, 3.05) is 6.61 Å². The lowest BCUT2D eigenvalue weighted by atomic mass is 9.99. The van der Waals surface area contributed by atoms with Crippen LogP contribution in [0.1, 0.15) is 23.6 Å². The van der Waals surface area contributed by atoms with Crippen molar-refractivity contribution in [3.8, 4) is 0 Å². The highest BCUT2D eigenvalue weighted by Gasteiger charge is 2.50. The second kappa shape index (κ2) is 15.7. The summed E-state index contributed by atoms with van der Waals surface area (Å²) in [5.74, 6) is -0.406. The van der Waals surface area contributed by atoms with Gasteiger partial charge in [-0.1, -0.05) is 121 Å². The molecule has 0 aliphatic carbocycles. The van der Waals surface area contributed by atoms with Gasteiger partial charge < -0.3 is 23.7 Å². The Hall–Kier alpha value is -3.46. The zero-order valence-electron chi connectivity index (χ0n) is 23.6. The molecule has 0 spiro atoms. The van der Waals surface area contributed by atoms with Gasteiger partial charge in [0.2, 0.25) is 0 Å². The Labute approximate surface area is 251 Å². The van der Waals surface area contributed by atoms with Gasteiger partial charge in [-0.05, 0) is 28.8 Å². The summed E-state index contributed by atoms with van der Waals surface area (Å²) in [6.45, 7) is 2.80. The molecule has 1 saturated heterocycles. The third-order valence-corrected chi connectivity index (χ3v) is 8.01. The maximum atomic E-state index is 12.4. The smallest absolute Gasteiger partial charge is 0.303 e. The number of benzene rings is 4. The van der Waals surface area contributed by atoms with Gasteiger partial charge in [0, 0.05) is 11.8 Å². The Morgan fingerprint density at radius 3 is 1.64 bits per heavy atom. The molecule has 42 heavy (non-hydrogen) atoms. The summed E-state index contributed by atoms with van der Waals surface area (Å²) in [4.78, 5) is 13.4. The van der Waals surface area contributed by atoms with Crippen molar-refractivity contribution in [1.82, 2.24) is 0 Å². The second-order valence-electron chi connectivity index (χ2n) is 10.1. The van der Waals surface area contributed by atoms with Gasteiger partial charge in [0.15, 0.2) is 6.10 Å². The standard InChI is InChI=1S/C35H36O6S/c1-26(36)40-34-33(39-24-29-18-10-4-11-19-29)32(38-23-28-16-8-3-9-17-28)31(25-37-22-27-14-6-2-7-15-27)41-35(34)42-30-20-12-5-13-21-30/h2-21,31-35H,22-25H2,1H3/t31?,32-,33?,34?,35-/m1/s1. The van der Waals surface area contributed by atoms with E-state index in [0.29, 0.717) is 19.8 Å². The summed E-state index contributed by atoms with van der Waals surface area (Å²) in [5, 5.41) is 0. The van der Waals surface area contributed by atoms with Gasteiger partial charge in [-0.2, -0.15) is 0 Å².